The van der Waals surface area contributed by atoms with Gasteiger partial charge in [0.25, 0.3) is 5.92 Å². The molecule has 1 aromatic heterocycles. The summed E-state index contributed by atoms with van der Waals surface area (Å²) in [6.45, 7) is 15.8. The van der Waals surface area contributed by atoms with Gasteiger partial charge in [0.2, 0.25) is 12.5 Å². The van der Waals surface area contributed by atoms with Gasteiger partial charge in [-0.15, -0.1) is 0 Å². The Kier molecular flexibility index (Phi) is 9.29. The molecule has 1 unspecified atom stereocenters. The summed E-state index contributed by atoms with van der Waals surface area (Å²) in [5.41, 5.74) is 2.82. The second kappa shape index (κ2) is 13.4. The molecule has 3 atom stereocenters. The molecule has 0 spiro atoms. The largest absolute Gasteiger partial charge is 0.458 e. The number of ether oxygens (including phenoxy) is 2. The van der Waals surface area contributed by atoms with Crippen LogP contribution in [0.15, 0.2) is 49.1 Å². The lowest BCUT2D eigenvalue weighted by Crippen LogP contribution is -2.56. The lowest BCUT2D eigenvalue weighted by atomic mass is 10.0. The number of amides is 1. The number of anilines is 2. The quantitative estimate of drug-likeness (QED) is 0.210. The maximum absolute atomic E-state index is 13.7. The number of carbonyl (C=O) groups is 1. The minimum absolute atomic E-state index is 0.132. The lowest BCUT2D eigenvalue weighted by molar-refractivity contribution is -0.128. The van der Waals surface area contributed by atoms with Crippen LogP contribution in [0.3, 0.4) is 0 Å². The molecule has 1 amide bonds. The first-order valence-electron chi connectivity index (χ1n) is 15.6. The van der Waals surface area contributed by atoms with Crippen molar-refractivity contribution in [3.8, 4) is 6.01 Å². The molecule has 46 heavy (non-hydrogen) atoms. The Morgan fingerprint density at radius 2 is 2.02 bits per heavy atom. The number of piperazine rings is 1. The average Bonchev–Trinajstić information content (AvgIpc) is 3.41. The molecule has 1 saturated heterocycles. The summed E-state index contributed by atoms with van der Waals surface area (Å²) in [5.74, 6) is -2.16. The molecule has 2 fully saturated rings. The highest BCUT2D eigenvalue weighted by Gasteiger charge is 2.40. The number of benzene rings is 2. The van der Waals surface area contributed by atoms with E-state index in [9.17, 15) is 13.6 Å². The van der Waals surface area contributed by atoms with Gasteiger partial charge >= 0.3 is 6.01 Å². The molecule has 12 heteroatoms. The normalized spacial score (nSPS) is 21.5. The van der Waals surface area contributed by atoms with Gasteiger partial charge in [0.15, 0.2) is 0 Å². The molecule has 242 valence electrons. The number of hydrogen-bond acceptors (Lipinski definition) is 7. The second-order valence-electron chi connectivity index (χ2n) is 12.2. The third-order valence-electron chi connectivity index (χ3n) is 8.97. The van der Waals surface area contributed by atoms with Gasteiger partial charge in [-0.25, -0.2) is 15.4 Å². The van der Waals surface area contributed by atoms with Crippen molar-refractivity contribution in [2.45, 2.75) is 63.3 Å². The van der Waals surface area contributed by atoms with Crippen LogP contribution in [-0.4, -0.2) is 84.3 Å². The monoisotopic (exact) mass is 650 g/mol. The number of hydrogen-bond donors (Lipinski definition) is 0. The molecule has 0 N–H and O–H groups in total. The summed E-state index contributed by atoms with van der Waals surface area (Å²) in [7, 11) is 0. The van der Waals surface area contributed by atoms with Crippen LogP contribution in [0.2, 0.25) is 5.02 Å². The van der Waals surface area contributed by atoms with Gasteiger partial charge in [-0.05, 0) is 43.4 Å². The summed E-state index contributed by atoms with van der Waals surface area (Å²) >= 11 is 6.68. The number of nitrogens with zero attached hydrogens (tertiary/aromatic N) is 6. The van der Waals surface area contributed by atoms with Crippen LogP contribution in [0.4, 0.5) is 20.3 Å². The predicted molar refractivity (Wildman–Crippen MR) is 174 cm³/mol. The highest BCUT2D eigenvalue weighted by molar-refractivity contribution is 6.36. The van der Waals surface area contributed by atoms with Crippen LogP contribution in [0.1, 0.15) is 37.4 Å². The summed E-state index contributed by atoms with van der Waals surface area (Å²) in [6, 6.07) is 11.9. The van der Waals surface area contributed by atoms with Crippen molar-refractivity contribution in [1.82, 2.24) is 14.9 Å². The van der Waals surface area contributed by atoms with Gasteiger partial charge in [0.1, 0.15) is 18.0 Å². The second-order valence-corrected chi connectivity index (χ2v) is 12.6. The Labute approximate surface area is 272 Å². The third-order valence-corrected chi connectivity index (χ3v) is 9.28. The number of alkyl halides is 2. The number of carbonyl (C=O) groups excluding carboxylic acids is 1. The van der Waals surface area contributed by atoms with Crippen LogP contribution in [0, 0.1) is 6.57 Å². The van der Waals surface area contributed by atoms with Crippen molar-refractivity contribution in [1.29, 1.82) is 0 Å². The summed E-state index contributed by atoms with van der Waals surface area (Å²) in [5, 5.41) is 2.71. The average molecular weight is 651 g/mol. The van der Waals surface area contributed by atoms with Crippen molar-refractivity contribution in [2.75, 3.05) is 49.1 Å². The Hall–Kier alpha value is -4.01. The van der Waals surface area contributed by atoms with E-state index in [4.69, 9.17) is 37.6 Å². The Balaban J connectivity index is 1.29. The van der Waals surface area contributed by atoms with Gasteiger partial charge in [-0.1, -0.05) is 42.4 Å². The fourth-order valence-electron chi connectivity index (χ4n) is 6.70. The van der Waals surface area contributed by atoms with Crippen molar-refractivity contribution >= 4 is 39.8 Å². The van der Waals surface area contributed by atoms with E-state index in [1.165, 1.54) is 6.08 Å². The molecule has 0 radical (unpaired) electrons. The van der Waals surface area contributed by atoms with Crippen LogP contribution < -0.4 is 14.5 Å². The molecule has 0 bridgehead atoms. The summed E-state index contributed by atoms with van der Waals surface area (Å²) in [6.07, 6.45) is 0.848. The van der Waals surface area contributed by atoms with Crippen LogP contribution in [0.25, 0.3) is 15.6 Å². The van der Waals surface area contributed by atoms with Crippen molar-refractivity contribution in [2.24, 2.45) is 0 Å². The molecule has 2 aliphatic heterocycles. The third kappa shape index (κ3) is 6.74. The van der Waals surface area contributed by atoms with Gasteiger partial charge in [-0.2, -0.15) is 9.97 Å². The van der Waals surface area contributed by atoms with Crippen LogP contribution in [0.5, 0.6) is 6.01 Å². The van der Waals surface area contributed by atoms with E-state index in [-0.39, 0.29) is 44.0 Å². The highest BCUT2D eigenvalue weighted by Crippen LogP contribution is 2.38. The molecule has 1 aliphatic carbocycles. The highest BCUT2D eigenvalue weighted by atomic mass is 35.5. The van der Waals surface area contributed by atoms with E-state index in [1.807, 2.05) is 37.3 Å². The maximum Gasteiger partial charge on any atom is 0.319 e. The summed E-state index contributed by atoms with van der Waals surface area (Å²) < 4.78 is 39.3. The number of fused-ring (bicyclic) bond motifs is 2. The van der Waals surface area contributed by atoms with E-state index in [1.54, 1.807) is 4.90 Å². The van der Waals surface area contributed by atoms with Crippen LogP contribution in [-0.2, 0) is 22.5 Å². The van der Waals surface area contributed by atoms with E-state index in [0.29, 0.717) is 50.6 Å². The van der Waals surface area contributed by atoms with Crippen molar-refractivity contribution < 1.29 is 23.0 Å². The standard InChI is InChI=1S/C34H37ClF2N6O3/c1-4-30(44)43-16-15-42(19-24(43)18-38-3)32-26-12-14-41(29-10-6-8-23-7-5-9-27(35)31(23)29)20-28(26)39-33(40-32)46-22(2)21-45-25-11-13-34(36,37)17-25/h4-10,22,24-25H,1,11-21H2,2H3/t22-,24-,25?/m0/s1. The molecular weight excluding hydrogens is 614 g/mol. The first-order valence-corrected chi connectivity index (χ1v) is 16.0. The number of halogens is 3. The summed E-state index contributed by atoms with van der Waals surface area (Å²) in [4.78, 5) is 32.0. The maximum atomic E-state index is 13.7. The fraction of sp³-hybridized carbons (Fsp3) is 0.471. The van der Waals surface area contributed by atoms with Crippen molar-refractivity contribution in [3.63, 3.8) is 0 Å². The molecule has 9 nitrogen and oxygen atoms in total. The number of rotatable bonds is 9. The Morgan fingerprint density at radius 1 is 1.22 bits per heavy atom. The minimum atomic E-state index is -2.68. The molecular formula is C34H37ClF2N6O3. The van der Waals surface area contributed by atoms with E-state index in [0.717, 1.165) is 33.5 Å². The Bertz CT molecular complexity index is 1660. The number of aromatic nitrogens is 2. The molecule has 3 aliphatic rings. The predicted octanol–water partition coefficient (Wildman–Crippen LogP) is 5.94. The first-order chi connectivity index (χ1) is 22.2. The van der Waals surface area contributed by atoms with Gasteiger partial charge in [0, 0.05) is 55.7 Å². The molecule has 6 rings (SSSR count). The smallest absolute Gasteiger partial charge is 0.319 e. The van der Waals surface area contributed by atoms with E-state index < -0.39 is 18.1 Å². The Morgan fingerprint density at radius 3 is 2.76 bits per heavy atom. The fourth-order valence-corrected chi connectivity index (χ4v) is 6.98. The van der Waals surface area contributed by atoms with Gasteiger partial charge in [-0.3, -0.25) is 4.79 Å². The molecule has 2 aromatic carbocycles. The topological polar surface area (TPSA) is 75.4 Å². The zero-order chi connectivity index (χ0) is 32.4. The molecule has 3 aromatic rings. The zero-order valence-electron chi connectivity index (χ0n) is 25.8. The van der Waals surface area contributed by atoms with Crippen molar-refractivity contribution in [3.05, 3.63) is 76.8 Å². The SMILES string of the molecule is [C-]#[N+]C[C@H]1CN(c2nc(O[C@@H](C)COC3CCC(F)(F)C3)nc3c2CCN(c2cccc4cccc(Cl)c24)C3)CCN1C(=O)C=C. The van der Waals surface area contributed by atoms with E-state index in [2.05, 4.69) is 27.3 Å². The first kappa shape index (κ1) is 32.0. The van der Waals surface area contributed by atoms with Gasteiger partial charge in [0.05, 0.1) is 30.0 Å². The van der Waals surface area contributed by atoms with Crippen LogP contribution >= 0.6 is 11.6 Å². The van der Waals surface area contributed by atoms with E-state index >= 15 is 0 Å². The molecule has 1 saturated carbocycles. The van der Waals surface area contributed by atoms with Gasteiger partial charge < -0.3 is 29.0 Å². The lowest BCUT2D eigenvalue weighted by Gasteiger charge is -2.41. The molecule has 3 heterocycles. The zero-order valence-corrected chi connectivity index (χ0v) is 26.6. The minimum Gasteiger partial charge on any atom is -0.458 e.